The molecule has 17 heavy (non-hydrogen) atoms. The number of nitrogen functional groups attached to an aromatic ring is 1. The molecule has 0 saturated carbocycles. The van der Waals surface area contributed by atoms with Crippen LogP contribution in [-0.4, -0.2) is 15.5 Å². The molecular formula is C11H11FN4O. The average Bonchev–Trinajstić information content (AvgIpc) is 2.76. The number of rotatable bonds is 3. The number of hydrogen-bond donors (Lipinski definition) is 2. The van der Waals surface area contributed by atoms with E-state index in [-0.39, 0.29) is 18.1 Å². The molecule has 3 N–H and O–H groups in total. The number of amides is 1. The lowest BCUT2D eigenvalue weighted by Gasteiger charge is -2.08. The van der Waals surface area contributed by atoms with Crippen molar-refractivity contribution >= 4 is 17.3 Å². The van der Waals surface area contributed by atoms with Gasteiger partial charge in [-0.15, -0.1) is 0 Å². The molecule has 2 rings (SSSR count). The van der Waals surface area contributed by atoms with Crippen molar-refractivity contribution in [2.45, 2.75) is 6.54 Å². The smallest absolute Gasteiger partial charge is 0.244 e. The minimum Gasteiger partial charge on any atom is -0.397 e. The summed E-state index contributed by atoms with van der Waals surface area (Å²) < 4.78 is 14.6. The number of halogens is 1. The van der Waals surface area contributed by atoms with Crippen molar-refractivity contribution < 1.29 is 9.18 Å². The lowest BCUT2D eigenvalue weighted by molar-refractivity contribution is -0.116. The molecule has 1 heterocycles. The molecule has 1 aromatic heterocycles. The third kappa shape index (κ3) is 2.81. The van der Waals surface area contributed by atoms with E-state index >= 15 is 0 Å². The maximum absolute atomic E-state index is 13.0. The minimum atomic E-state index is -0.447. The fourth-order valence-electron chi connectivity index (χ4n) is 1.37. The van der Waals surface area contributed by atoms with Crippen LogP contribution in [0.15, 0.2) is 36.9 Å². The van der Waals surface area contributed by atoms with Crippen molar-refractivity contribution in [1.82, 2.24) is 9.55 Å². The van der Waals surface area contributed by atoms with Crippen LogP contribution in [0.1, 0.15) is 0 Å². The number of hydrogen-bond acceptors (Lipinski definition) is 3. The fraction of sp³-hybridized carbons (Fsp3) is 0.0909. The number of carbonyl (C=O) groups excluding carboxylic acids is 1. The molecule has 1 amide bonds. The number of imidazole rings is 1. The number of nitrogens with zero attached hydrogens (tertiary/aromatic N) is 2. The van der Waals surface area contributed by atoms with Gasteiger partial charge in [0, 0.05) is 12.4 Å². The summed E-state index contributed by atoms with van der Waals surface area (Å²) in [6, 6.07) is 3.82. The topological polar surface area (TPSA) is 72.9 Å². The lowest BCUT2D eigenvalue weighted by Crippen LogP contribution is -2.18. The molecule has 0 saturated heterocycles. The first kappa shape index (κ1) is 11.1. The van der Waals surface area contributed by atoms with E-state index in [0.29, 0.717) is 5.69 Å². The van der Waals surface area contributed by atoms with Crippen LogP contribution in [0.4, 0.5) is 15.8 Å². The Balaban J connectivity index is 2.05. The van der Waals surface area contributed by atoms with Gasteiger partial charge in [-0.05, 0) is 18.2 Å². The normalized spacial score (nSPS) is 10.2. The standard InChI is InChI=1S/C11H11FN4O/c12-8-1-2-9(13)10(5-8)15-11(17)6-16-4-3-14-7-16/h1-5,7H,6,13H2,(H,15,17). The maximum Gasteiger partial charge on any atom is 0.244 e. The zero-order valence-electron chi connectivity index (χ0n) is 8.93. The van der Waals surface area contributed by atoms with Crippen LogP contribution in [0.25, 0.3) is 0 Å². The Morgan fingerprint density at radius 3 is 3.06 bits per heavy atom. The monoisotopic (exact) mass is 234 g/mol. The van der Waals surface area contributed by atoms with Gasteiger partial charge in [0.2, 0.25) is 5.91 Å². The fourth-order valence-corrected chi connectivity index (χ4v) is 1.37. The van der Waals surface area contributed by atoms with E-state index in [1.54, 1.807) is 17.0 Å². The Kier molecular flexibility index (Phi) is 3.04. The minimum absolute atomic E-state index is 0.107. The molecule has 0 aliphatic carbocycles. The quantitative estimate of drug-likeness (QED) is 0.785. The van der Waals surface area contributed by atoms with E-state index in [2.05, 4.69) is 10.3 Å². The summed E-state index contributed by atoms with van der Waals surface area (Å²) in [6.07, 6.45) is 4.76. The van der Waals surface area contributed by atoms with Crippen LogP contribution in [0.5, 0.6) is 0 Å². The molecule has 0 bridgehead atoms. The zero-order valence-corrected chi connectivity index (χ0v) is 8.93. The molecule has 5 nitrogen and oxygen atoms in total. The molecule has 0 aliphatic rings. The SMILES string of the molecule is Nc1ccc(F)cc1NC(=O)Cn1ccnc1. The Labute approximate surface area is 97.1 Å². The van der Waals surface area contributed by atoms with Gasteiger partial charge in [0.1, 0.15) is 12.4 Å². The molecule has 88 valence electrons. The van der Waals surface area contributed by atoms with Gasteiger partial charge in [0.15, 0.2) is 0 Å². The number of benzene rings is 1. The molecule has 0 unspecified atom stereocenters. The molecule has 0 aliphatic heterocycles. The van der Waals surface area contributed by atoms with E-state index in [0.717, 1.165) is 0 Å². The number of anilines is 2. The van der Waals surface area contributed by atoms with Crippen LogP contribution < -0.4 is 11.1 Å². The van der Waals surface area contributed by atoms with Gasteiger partial charge in [-0.1, -0.05) is 0 Å². The van der Waals surface area contributed by atoms with Crippen LogP contribution >= 0.6 is 0 Å². The van der Waals surface area contributed by atoms with Crippen molar-refractivity contribution in [2.75, 3.05) is 11.1 Å². The second kappa shape index (κ2) is 4.65. The van der Waals surface area contributed by atoms with Crippen molar-refractivity contribution in [3.05, 3.63) is 42.7 Å². The van der Waals surface area contributed by atoms with E-state index in [1.165, 1.54) is 24.5 Å². The second-order valence-electron chi connectivity index (χ2n) is 3.51. The van der Waals surface area contributed by atoms with E-state index in [1.807, 2.05) is 0 Å². The van der Waals surface area contributed by atoms with E-state index in [4.69, 9.17) is 5.73 Å². The third-order valence-corrected chi connectivity index (χ3v) is 2.17. The highest BCUT2D eigenvalue weighted by Gasteiger charge is 2.06. The van der Waals surface area contributed by atoms with Gasteiger partial charge in [-0.3, -0.25) is 4.79 Å². The predicted molar refractivity (Wildman–Crippen MR) is 61.7 cm³/mol. The molecule has 0 spiro atoms. The van der Waals surface area contributed by atoms with Gasteiger partial charge in [0.25, 0.3) is 0 Å². The van der Waals surface area contributed by atoms with Crippen molar-refractivity contribution in [1.29, 1.82) is 0 Å². The van der Waals surface area contributed by atoms with Crippen molar-refractivity contribution in [3.63, 3.8) is 0 Å². The van der Waals surface area contributed by atoms with Gasteiger partial charge in [-0.2, -0.15) is 0 Å². The van der Waals surface area contributed by atoms with Gasteiger partial charge < -0.3 is 15.6 Å². The Morgan fingerprint density at radius 2 is 2.35 bits per heavy atom. The molecule has 0 atom stereocenters. The molecule has 2 aromatic rings. The first-order chi connectivity index (χ1) is 8.15. The summed E-state index contributed by atoms with van der Waals surface area (Å²) in [5.74, 6) is -0.738. The Bertz CT molecular complexity index is 524. The Morgan fingerprint density at radius 1 is 1.53 bits per heavy atom. The third-order valence-electron chi connectivity index (χ3n) is 2.17. The average molecular weight is 234 g/mol. The predicted octanol–water partition coefficient (Wildman–Crippen LogP) is 1.24. The highest BCUT2D eigenvalue weighted by atomic mass is 19.1. The van der Waals surface area contributed by atoms with Crippen LogP contribution in [0.3, 0.4) is 0 Å². The lowest BCUT2D eigenvalue weighted by atomic mass is 10.2. The first-order valence-electron chi connectivity index (χ1n) is 4.96. The molecule has 6 heteroatoms. The van der Waals surface area contributed by atoms with Crippen molar-refractivity contribution in [2.24, 2.45) is 0 Å². The van der Waals surface area contributed by atoms with Gasteiger partial charge in [-0.25, -0.2) is 9.37 Å². The zero-order chi connectivity index (χ0) is 12.3. The van der Waals surface area contributed by atoms with E-state index in [9.17, 15) is 9.18 Å². The van der Waals surface area contributed by atoms with Crippen LogP contribution in [0.2, 0.25) is 0 Å². The van der Waals surface area contributed by atoms with Crippen molar-refractivity contribution in [3.8, 4) is 0 Å². The molecule has 0 radical (unpaired) electrons. The molecule has 0 fully saturated rings. The summed E-state index contributed by atoms with van der Waals surface area (Å²) in [5, 5.41) is 2.54. The Hall–Kier alpha value is -2.37. The summed E-state index contributed by atoms with van der Waals surface area (Å²) in [7, 11) is 0. The number of nitrogens with two attached hydrogens (primary N) is 1. The summed E-state index contributed by atoms with van der Waals surface area (Å²) in [4.78, 5) is 15.4. The van der Waals surface area contributed by atoms with Crippen LogP contribution in [-0.2, 0) is 11.3 Å². The molecule has 1 aromatic carbocycles. The number of nitrogens with one attached hydrogen (secondary N) is 1. The highest BCUT2D eigenvalue weighted by molar-refractivity contribution is 5.93. The second-order valence-corrected chi connectivity index (χ2v) is 3.51. The van der Waals surface area contributed by atoms with Gasteiger partial charge >= 0.3 is 0 Å². The number of carbonyl (C=O) groups is 1. The summed E-state index contributed by atoms with van der Waals surface area (Å²) >= 11 is 0. The summed E-state index contributed by atoms with van der Waals surface area (Å²) in [5.41, 5.74) is 6.21. The largest absolute Gasteiger partial charge is 0.397 e. The highest BCUT2D eigenvalue weighted by Crippen LogP contribution is 2.18. The van der Waals surface area contributed by atoms with Crippen LogP contribution in [0, 0.1) is 5.82 Å². The number of aromatic nitrogens is 2. The van der Waals surface area contributed by atoms with E-state index < -0.39 is 5.82 Å². The van der Waals surface area contributed by atoms with Gasteiger partial charge in [0.05, 0.1) is 17.7 Å². The molecular weight excluding hydrogens is 223 g/mol. The summed E-state index contributed by atoms with van der Waals surface area (Å²) in [6.45, 7) is 0.107. The first-order valence-corrected chi connectivity index (χ1v) is 4.96. The maximum atomic E-state index is 13.0.